The molecule has 0 aliphatic carbocycles. The van der Waals surface area contributed by atoms with Gasteiger partial charge in [0.1, 0.15) is 22.4 Å². The quantitative estimate of drug-likeness (QED) is 0.0489. The second-order valence-electron chi connectivity index (χ2n) is 8.95. The van der Waals surface area contributed by atoms with Crippen molar-refractivity contribution in [2.45, 2.75) is 51.5 Å². The molecule has 0 fully saturated rings. The fourth-order valence-electron chi connectivity index (χ4n) is 3.33. The Bertz CT molecular complexity index is 1150. The van der Waals surface area contributed by atoms with E-state index in [4.69, 9.17) is 9.47 Å². The van der Waals surface area contributed by atoms with Gasteiger partial charge in [-0.2, -0.15) is 31.8 Å². The van der Waals surface area contributed by atoms with Gasteiger partial charge in [0.05, 0.1) is 19.0 Å². The van der Waals surface area contributed by atoms with Gasteiger partial charge in [-0.3, -0.25) is 13.4 Å². The van der Waals surface area contributed by atoms with E-state index in [2.05, 4.69) is 13.7 Å². The standard InChI is InChI=1S/C25H34F6N2O8S2/c1-3-16-42(34,35)40-32-22(24(26,27)28)18-6-10-20(11-7-18)38-14-5-15-39-21-12-8-19(9-13-21)23(25(29,30)31)33-41-43(36,37)17-4-2/h6-13,22,32,34-37H,3-5,14-17H2,1-2H3. The summed E-state index contributed by atoms with van der Waals surface area (Å²) in [5, 5.41) is 2.94. The third kappa shape index (κ3) is 13.0. The van der Waals surface area contributed by atoms with E-state index in [9.17, 15) is 44.6 Å². The molecule has 246 valence electrons. The number of ether oxygens (including phenoxy) is 2. The average Bonchev–Trinajstić information content (AvgIpc) is 2.88. The number of halogens is 6. The third-order valence-electron chi connectivity index (χ3n) is 5.25. The summed E-state index contributed by atoms with van der Waals surface area (Å²) in [6, 6.07) is 7.23. The molecular formula is C25H34F6N2O8S2. The number of rotatable bonds is 17. The van der Waals surface area contributed by atoms with E-state index in [0.29, 0.717) is 6.42 Å². The second-order valence-corrected chi connectivity index (χ2v) is 12.5. The molecule has 5 N–H and O–H groups in total. The summed E-state index contributed by atoms with van der Waals surface area (Å²) < 4.78 is 139. The lowest BCUT2D eigenvalue weighted by atomic mass is 10.1. The maximum absolute atomic E-state index is 13.5. The van der Waals surface area contributed by atoms with E-state index in [0.717, 1.165) is 24.3 Å². The summed E-state index contributed by atoms with van der Waals surface area (Å²) in [7, 11) is -7.44. The minimum absolute atomic E-state index is 0.0975. The van der Waals surface area contributed by atoms with Crippen LogP contribution in [0.5, 0.6) is 11.5 Å². The number of oxime groups is 1. The van der Waals surface area contributed by atoms with Crippen molar-refractivity contribution in [3.05, 3.63) is 59.7 Å². The lowest BCUT2D eigenvalue weighted by molar-refractivity contribution is -0.174. The van der Waals surface area contributed by atoms with Gasteiger partial charge in [0.2, 0.25) is 0 Å². The normalized spacial score (nSPS) is 14.7. The fourth-order valence-corrected chi connectivity index (χ4v) is 5.00. The van der Waals surface area contributed by atoms with Crippen molar-refractivity contribution in [1.82, 2.24) is 5.48 Å². The van der Waals surface area contributed by atoms with Crippen LogP contribution >= 0.6 is 21.7 Å². The molecule has 43 heavy (non-hydrogen) atoms. The Morgan fingerprint density at radius 1 is 0.791 bits per heavy atom. The molecule has 0 heterocycles. The Balaban J connectivity index is 1.89. The summed E-state index contributed by atoms with van der Waals surface area (Å²) in [5.41, 5.74) is -0.394. The molecule has 0 aliphatic rings. The Hall–Kier alpha value is -2.45. The van der Waals surface area contributed by atoms with Crippen molar-refractivity contribution in [3.8, 4) is 11.5 Å². The van der Waals surface area contributed by atoms with Gasteiger partial charge in [0, 0.05) is 17.7 Å². The highest BCUT2D eigenvalue weighted by atomic mass is 32.3. The van der Waals surface area contributed by atoms with E-state index in [1.54, 1.807) is 19.3 Å². The maximum Gasteiger partial charge on any atom is 0.437 e. The van der Waals surface area contributed by atoms with Crippen LogP contribution in [0.2, 0.25) is 0 Å². The molecule has 0 saturated carbocycles. The fraction of sp³-hybridized carbons (Fsp3) is 0.480. The SMILES string of the molecule is CCCS(O)(O)ON=C(c1ccc(OCCCOc2ccc(C(NOS(O)(O)CCC)C(F)(F)F)cc2)cc1)C(F)(F)F. The largest absolute Gasteiger partial charge is 0.493 e. The first kappa shape index (κ1) is 36.7. The first-order chi connectivity index (χ1) is 20.0. The Morgan fingerprint density at radius 3 is 1.74 bits per heavy atom. The molecule has 2 aromatic carbocycles. The van der Waals surface area contributed by atoms with Gasteiger partial charge >= 0.3 is 12.4 Å². The van der Waals surface area contributed by atoms with E-state index >= 15 is 0 Å². The molecule has 18 heteroatoms. The van der Waals surface area contributed by atoms with Gasteiger partial charge in [0.25, 0.3) is 0 Å². The molecule has 2 aromatic rings. The molecule has 0 bridgehead atoms. The van der Waals surface area contributed by atoms with E-state index < -0.39 is 45.8 Å². The molecule has 0 amide bonds. The summed E-state index contributed by atoms with van der Waals surface area (Å²) in [4.78, 5) is 0. The number of alkyl halides is 6. The molecule has 2 rings (SSSR count). The molecule has 1 unspecified atom stereocenters. The maximum atomic E-state index is 13.5. The van der Waals surface area contributed by atoms with Crippen LogP contribution in [-0.2, 0) is 8.57 Å². The topological polar surface area (TPSA) is 142 Å². The van der Waals surface area contributed by atoms with Crippen LogP contribution in [0.25, 0.3) is 0 Å². The van der Waals surface area contributed by atoms with Crippen LogP contribution < -0.4 is 15.0 Å². The van der Waals surface area contributed by atoms with Crippen LogP contribution in [0.15, 0.2) is 53.7 Å². The number of nitrogens with one attached hydrogen (secondary N) is 1. The van der Waals surface area contributed by atoms with Crippen molar-refractivity contribution in [2.24, 2.45) is 5.16 Å². The molecule has 0 aliphatic heterocycles. The average molecular weight is 669 g/mol. The molecule has 1 atom stereocenters. The molecule has 0 aromatic heterocycles. The minimum Gasteiger partial charge on any atom is -0.493 e. The van der Waals surface area contributed by atoms with E-state index in [1.165, 1.54) is 24.3 Å². The third-order valence-corrected chi connectivity index (χ3v) is 7.81. The zero-order valence-electron chi connectivity index (χ0n) is 23.1. The summed E-state index contributed by atoms with van der Waals surface area (Å²) >= 11 is 0. The van der Waals surface area contributed by atoms with Crippen LogP contribution in [0.4, 0.5) is 26.3 Å². The predicted molar refractivity (Wildman–Crippen MR) is 151 cm³/mol. The smallest absolute Gasteiger partial charge is 0.437 e. The molecule has 0 radical (unpaired) electrons. The highest BCUT2D eigenvalue weighted by Gasteiger charge is 2.42. The molecule has 0 saturated heterocycles. The van der Waals surface area contributed by atoms with Crippen molar-refractivity contribution in [2.75, 3.05) is 24.7 Å². The zero-order chi connectivity index (χ0) is 32.3. The number of benzene rings is 2. The highest BCUT2D eigenvalue weighted by molar-refractivity contribution is 8.20. The molecular weight excluding hydrogens is 634 g/mol. The van der Waals surface area contributed by atoms with E-state index in [-0.39, 0.29) is 60.2 Å². The van der Waals surface area contributed by atoms with Crippen molar-refractivity contribution < 1.29 is 62.6 Å². The van der Waals surface area contributed by atoms with Gasteiger partial charge in [-0.1, -0.05) is 31.1 Å². The Labute approximate surface area is 248 Å². The monoisotopic (exact) mass is 668 g/mol. The van der Waals surface area contributed by atoms with Gasteiger partial charge in [0.15, 0.2) is 22.6 Å². The van der Waals surface area contributed by atoms with Crippen molar-refractivity contribution >= 4 is 27.5 Å². The van der Waals surface area contributed by atoms with Crippen LogP contribution in [0, 0.1) is 0 Å². The molecule has 0 spiro atoms. The van der Waals surface area contributed by atoms with Gasteiger partial charge < -0.3 is 18.6 Å². The number of hydrogen-bond donors (Lipinski definition) is 5. The van der Waals surface area contributed by atoms with Crippen molar-refractivity contribution in [1.29, 1.82) is 0 Å². The number of hydroxylamine groups is 1. The predicted octanol–water partition coefficient (Wildman–Crippen LogP) is 8.09. The Morgan fingerprint density at radius 2 is 1.28 bits per heavy atom. The first-order valence-electron chi connectivity index (χ1n) is 12.8. The molecule has 10 nitrogen and oxygen atoms in total. The summed E-state index contributed by atoms with van der Waals surface area (Å²) in [6.07, 6.45) is -8.86. The Kier molecular flexibility index (Phi) is 13.7. The number of hydrogen-bond acceptors (Lipinski definition) is 10. The van der Waals surface area contributed by atoms with Crippen LogP contribution in [0.1, 0.15) is 50.3 Å². The zero-order valence-corrected chi connectivity index (χ0v) is 24.7. The van der Waals surface area contributed by atoms with E-state index in [1.807, 2.05) is 0 Å². The minimum atomic E-state index is -4.93. The van der Waals surface area contributed by atoms with Crippen LogP contribution in [0.3, 0.4) is 0 Å². The van der Waals surface area contributed by atoms with Crippen molar-refractivity contribution in [3.63, 3.8) is 0 Å². The van der Waals surface area contributed by atoms with Gasteiger partial charge in [-0.05, 0) is 54.8 Å². The van der Waals surface area contributed by atoms with Crippen LogP contribution in [-0.4, -0.2) is 61.0 Å². The highest BCUT2D eigenvalue weighted by Crippen LogP contribution is 2.43. The lowest BCUT2D eigenvalue weighted by Gasteiger charge is -2.29. The number of nitrogens with zero attached hydrogens (tertiary/aromatic N) is 1. The second kappa shape index (κ2) is 16.0. The van der Waals surface area contributed by atoms with Gasteiger partial charge in [-0.15, -0.1) is 0 Å². The lowest BCUT2D eigenvalue weighted by Crippen LogP contribution is -2.35. The summed E-state index contributed by atoms with van der Waals surface area (Å²) in [6.45, 7) is 3.41. The summed E-state index contributed by atoms with van der Waals surface area (Å²) in [5.74, 6) is -0.0184. The van der Waals surface area contributed by atoms with Gasteiger partial charge in [-0.25, -0.2) is 4.28 Å². The first-order valence-corrected chi connectivity index (χ1v) is 16.1.